The number of carbonyl (C=O) groups is 2. The lowest BCUT2D eigenvalue weighted by Gasteiger charge is -2.24. The molecule has 5 heteroatoms. The maximum absolute atomic E-state index is 12.5. The van der Waals surface area contributed by atoms with Gasteiger partial charge in [-0.1, -0.05) is 37.3 Å². The van der Waals surface area contributed by atoms with E-state index in [-0.39, 0.29) is 18.2 Å². The lowest BCUT2D eigenvalue weighted by Crippen LogP contribution is -2.36. The van der Waals surface area contributed by atoms with E-state index in [0.717, 1.165) is 17.7 Å². The average Bonchev–Trinajstić information content (AvgIpc) is 2.63. The van der Waals surface area contributed by atoms with Crippen LogP contribution in [0.15, 0.2) is 53.6 Å². The second kappa shape index (κ2) is 7.30. The summed E-state index contributed by atoms with van der Waals surface area (Å²) >= 11 is 0. The Hall–Kier alpha value is -2.95. The number of nitrogens with zero attached hydrogens (tertiary/aromatic N) is 2. The summed E-state index contributed by atoms with van der Waals surface area (Å²) in [6, 6.07) is 15.2. The lowest BCUT2D eigenvalue weighted by atomic mass is 10.1. The Morgan fingerprint density at radius 2 is 1.84 bits per heavy atom. The van der Waals surface area contributed by atoms with Crippen LogP contribution in [0.2, 0.25) is 0 Å². The minimum Gasteiger partial charge on any atom is -0.321 e. The summed E-state index contributed by atoms with van der Waals surface area (Å²) in [4.78, 5) is 24.7. The Balaban J connectivity index is 1.80. The number of aryl methyl sites for hydroxylation is 2. The van der Waals surface area contributed by atoms with E-state index >= 15 is 0 Å². The molecule has 3 rings (SSSR count). The zero-order valence-corrected chi connectivity index (χ0v) is 14.5. The van der Waals surface area contributed by atoms with Crippen molar-refractivity contribution in [3.8, 4) is 0 Å². The molecule has 0 bridgehead atoms. The van der Waals surface area contributed by atoms with E-state index in [2.05, 4.69) is 17.3 Å². The first kappa shape index (κ1) is 16.9. The first-order valence-corrected chi connectivity index (χ1v) is 8.45. The highest BCUT2D eigenvalue weighted by Crippen LogP contribution is 2.24. The zero-order chi connectivity index (χ0) is 17.8. The Bertz CT molecular complexity index is 825. The van der Waals surface area contributed by atoms with Crippen molar-refractivity contribution in [3.63, 3.8) is 0 Å². The Kier molecular flexibility index (Phi) is 4.93. The van der Waals surface area contributed by atoms with Gasteiger partial charge in [0.1, 0.15) is 5.71 Å². The third-order valence-corrected chi connectivity index (χ3v) is 4.26. The van der Waals surface area contributed by atoms with Crippen LogP contribution < -0.4 is 10.3 Å². The molecule has 0 radical (unpaired) electrons. The van der Waals surface area contributed by atoms with Crippen LogP contribution in [0.3, 0.4) is 0 Å². The molecular formula is C20H21N3O2. The molecular weight excluding hydrogens is 314 g/mol. The number of rotatable bonds is 4. The van der Waals surface area contributed by atoms with E-state index in [9.17, 15) is 9.59 Å². The Morgan fingerprint density at radius 3 is 2.52 bits per heavy atom. The van der Waals surface area contributed by atoms with Crippen molar-refractivity contribution in [3.05, 3.63) is 59.7 Å². The summed E-state index contributed by atoms with van der Waals surface area (Å²) in [5, 5.41) is 8.51. The van der Waals surface area contributed by atoms with Crippen molar-refractivity contribution in [2.75, 3.05) is 10.3 Å². The van der Waals surface area contributed by atoms with Crippen LogP contribution in [0.5, 0.6) is 0 Å². The van der Waals surface area contributed by atoms with Crippen LogP contribution in [0, 0.1) is 6.92 Å². The number of para-hydroxylation sites is 1. The van der Waals surface area contributed by atoms with Gasteiger partial charge < -0.3 is 5.32 Å². The summed E-state index contributed by atoms with van der Waals surface area (Å²) < 4.78 is 0. The molecule has 2 amide bonds. The van der Waals surface area contributed by atoms with Crippen LogP contribution in [-0.4, -0.2) is 17.5 Å². The second-order valence-corrected chi connectivity index (χ2v) is 6.04. The van der Waals surface area contributed by atoms with Gasteiger partial charge in [-0.2, -0.15) is 5.10 Å². The van der Waals surface area contributed by atoms with E-state index in [1.54, 1.807) is 0 Å². The molecule has 0 aromatic heterocycles. The minimum absolute atomic E-state index is 0.0989. The van der Waals surface area contributed by atoms with E-state index < -0.39 is 0 Å². The van der Waals surface area contributed by atoms with Gasteiger partial charge in [-0.15, -0.1) is 0 Å². The van der Waals surface area contributed by atoms with Crippen molar-refractivity contribution in [2.45, 2.75) is 33.1 Å². The molecule has 1 aliphatic rings. The molecule has 0 unspecified atom stereocenters. The van der Waals surface area contributed by atoms with Crippen molar-refractivity contribution in [2.24, 2.45) is 5.10 Å². The fraction of sp³-hybridized carbons (Fsp3) is 0.250. The van der Waals surface area contributed by atoms with E-state index in [0.29, 0.717) is 17.8 Å². The highest BCUT2D eigenvalue weighted by atomic mass is 16.2. The largest absolute Gasteiger partial charge is 0.321 e. The van der Waals surface area contributed by atoms with Gasteiger partial charge in [0.25, 0.3) is 5.91 Å². The summed E-state index contributed by atoms with van der Waals surface area (Å²) in [7, 11) is 0. The van der Waals surface area contributed by atoms with Gasteiger partial charge in [0.2, 0.25) is 5.91 Å². The topological polar surface area (TPSA) is 61.8 Å². The molecule has 0 fully saturated rings. The molecule has 2 aromatic rings. The van der Waals surface area contributed by atoms with Crippen LogP contribution in [0.25, 0.3) is 0 Å². The predicted molar refractivity (Wildman–Crippen MR) is 99.8 cm³/mol. The maximum Gasteiger partial charge on any atom is 0.271 e. The molecule has 5 nitrogen and oxygen atoms in total. The number of nitrogens with one attached hydrogen (secondary N) is 1. The molecule has 0 spiro atoms. The monoisotopic (exact) mass is 335 g/mol. The molecule has 1 N–H and O–H groups in total. The van der Waals surface area contributed by atoms with Gasteiger partial charge in [0, 0.05) is 18.5 Å². The summed E-state index contributed by atoms with van der Waals surface area (Å²) in [6.45, 7) is 4.00. The summed E-state index contributed by atoms with van der Waals surface area (Å²) in [5.74, 6) is -0.367. The lowest BCUT2D eigenvalue weighted by molar-refractivity contribution is -0.118. The van der Waals surface area contributed by atoms with Gasteiger partial charge in [-0.05, 0) is 42.7 Å². The summed E-state index contributed by atoms with van der Waals surface area (Å²) in [5.41, 5.74) is 3.96. The number of hydrogen-bond donors (Lipinski definition) is 1. The normalized spacial score (nSPS) is 14.2. The standard InChI is InChI=1S/C20H21N3O2/c1-3-15-8-10-16(11-9-15)21-20(25)17-12-13-19(24)23(22-17)18-7-5-4-6-14(18)2/h4-11H,3,12-13H2,1-2H3,(H,21,25). The third-order valence-electron chi connectivity index (χ3n) is 4.26. The fourth-order valence-electron chi connectivity index (χ4n) is 2.73. The van der Waals surface area contributed by atoms with E-state index in [1.807, 2.05) is 55.5 Å². The second-order valence-electron chi connectivity index (χ2n) is 6.04. The van der Waals surface area contributed by atoms with Crippen molar-refractivity contribution in [1.82, 2.24) is 0 Å². The highest BCUT2D eigenvalue weighted by Gasteiger charge is 2.26. The molecule has 0 saturated heterocycles. The van der Waals surface area contributed by atoms with Crippen molar-refractivity contribution < 1.29 is 9.59 Å². The first-order chi connectivity index (χ1) is 12.1. The average molecular weight is 335 g/mol. The van der Waals surface area contributed by atoms with Gasteiger partial charge >= 0.3 is 0 Å². The number of anilines is 2. The fourth-order valence-corrected chi connectivity index (χ4v) is 2.73. The zero-order valence-electron chi connectivity index (χ0n) is 14.5. The number of hydrogen-bond acceptors (Lipinski definition) is 3. The number of carbonyl (C=O) groups excluding carboxylic acids is 2. The van der Waals surface area contributed by atoms with Gasteiger partial charge in [0.05, 0.1) is 5.69 Å². The maximum atomic E-state index is 12.5. The first-order valence-electron chi connectivity index (χ1n) is 8.45. The highest BCUT2D eigenvalue weighted by molar-refractivity contribution is 6.44. The number of benzene rings is 2. The molecule has 128 valence electrons. The Labute approximate surface area is 147 Å². The van der Waals surface area contributed by atoms with Crippen LogP contribution in [0.1, 0.15) is 30.9 Å². The third kappa shape index (κ3) is 3.76. The number of hydrazone groups is 1. The van der Waals surface area contributed by atoms with Gasteiger partial charge in [-0.25, -0.2) is 5.01 Å². The van der Waals surface area contributed by atoms with Crippen molar-refractivity contribution in [1.29, 1.82) is 0 Å². The quantitative estimate of drug-likeness (QED) is 0.926. The van der Waals surface area contributed by atoms with E-state index in [4.69, 9.17) is 0 Å². The van der Waals surface area contributed by atoms with Crippen LogP contribution in [0.4, 0.5) is 11.4 Å². The minimum atomic E-state index is -0.268. The molecule has 1 aliphatic heterocycles. The molecule has 25 heavy (non-hydrogen) atoms. The van der Waals surface area contributed by atoms with Crippen molar-refractivity contribution >= 4 is 28.9 Å². The number of amides is 2. The molecule has 0 atom stereocenters. The molecule has 1 heterocycles. The smallest absolute Gasteiger partial charge is 0.271 e. The van der Waals surface area contributed by atoms with Gasteiger partial charge in [0.15, 0.2) is 0 Å². The molecule has 0 saturated carbocycles. The molecule has 2 aromatic carbocycles. The van der Waals surface area contributed by atoms with Crippen LogP contribution >= 0.6 is 0 Å². The van der Waals surface area contributed by atoms with Crippen LogP contribution in [-0.2, 0) is 16.0 Å². The van der Waals surface area contributed by atoms with Gasteiger partial charge in [-0.3, -0.25) is 9.59 Å². The molecule has 0 aliphatic carbocycles. The summed E-state index contributed by atoms with van der Waals surface area (Å²) in [6.07, 6.45) is 1.57. The SMILES string of the molecule is CCc1ccc(NC(=O)C2=NN(c3ccccc3C)C(=O)CC2)cc1. The predicted octanol–water partition coefficient (Wildman–Crippen LogP) is 3.68. The van der Waals surface area contributed by atoms with E-state index in [1.165, 1.54) is 10.6 Å². The Morgan fingerprint density at radius 1 is 1.12 bits per heavy atom.